The van der Waals surface area contributed by atoms with Crippen molar-refractivity contribution >= 4 is 25.1 Å². The Balaban J connectivity index is 1.52. The maximum Gasteiger partial charge on any atom is 0.459 e. The van der Waals surface area contributed by atoms with E-state index in [1.165, 1.54) is 17.8 Å². The molecule has 4 rings (SSSR count). The summed E-state index contributed by atoms with van der Waals surface area (Å²) in [4.78, 5) is 16.9. The van der Waals surface area contributed by atoms with Crippen LogP contribution in [-0.2, 0) is 34.4 Å². The van der Waals surface area contributed by atoms with Gasteiger partial charge in [0.25, 0.3) is 0 Å². The maximum absolute atomic E-state index is 14.2. The van der Waals surface area contributed by atoms with Crippen LogP contribution in [0.25, 0.3) is 5.52 Å². The standard InChI is InChI=1S/C32H48N5O8P/c1-9-31(6,7)16-17-42-29(40)20(2)36-46(41,45-22-12-10-21(11-13-22)30(3,4)5)43-18-24-26(38)27(39)32(8,44-24)25-15-14-23-28(33)34-19-35-37(23)25/h10-15,19-20,24,26-27,38-39H,9,16-18H2,1-8H3,(H,36,41)(H2,33,34,35)/t20-,24+,26+,27+,32-,46?/m0/s1. The molecule has 0 amide bonds. The summed E-state index contributed by atoms with van der Waals surface area (Å²) in [5, 5.41) is 29.0. The Morgan fingerprint density at radius 2 is 1.85 bits per heavy atom. The van der Waals surface area contributed by atoms with E-state index in [0.717, 1.165) is 12.0 Å². The summed E-state index contributed by atoms with van der Waals surface area (Å²) in [5.74, 6) is -0.146. The molecule has 3 heterocycles. The quantitative estimate of drug-likeness (QED) is 0.149. The van der Waals surface area contributed by atoms with E-state index in [2.05, 4.69) is 56.7 Å². The summed E-state index contributed by atoms with van der Waals surface area (Å²) in [6.07, 6.45) is -1.11. The molecule has 2 aromatic heterocycles. The van der Waals surface area contributed by atoms with Gasteiger partial charge in [-0.3, -0.25) is 9.32 Å². The molecule has 3 aromatic rings. The first-order chi connectivity index (χ1) is 21.4. The second-order valence-corrected chi connectivity index (χ2v) is 15.5. The number of aliphatic hydroxyl groups excluding tert-OH is 2. The van der Waals surface area contributed by atoms with Crippen LogP contribution in [0.2, 0.25) is 0 Å². The van der Waals surface area contributed by atoms with Crippen molar-refractivity contribution in [3.05, 3.63) is 54.0 Å². The first kappa shape index (κ1) is 35.8. The Kier molecular flexibility index (Phi) is 10.6. The average molecular weight is 662 g/mol. The number of nitrogens with two attached hydrogens (primary N) is 1. The average Bonchev–Trinajstić information content (AvgIpc) is 3.52. The van der Waals surface area contributed by atoms with Crippen LogP contribution in [0, 0.1) is 5.41 Å². The molecule has 0 aliphatic carbocycles. The zero-order chi connectivity index (χ0) is 34.1. The van der Waals surface area contributed by atoms with Gasteiger partial charge in [0.15, 0.2) is 5.82 Å². The van der Waals surface area contributed by atoms with Crippen LogP contribution in [0.1, 0.15) is 79.5 Å². The minimum absolute atomic E-state index is 0.00553. The lowest BCUT2D eigenvalue weighted by atomic mass is 9.87. The van der Waals surface area contributed by atoms with Crippen molar-refractivity contribution in [1.29, 1.82) is 0 Å². The number of hydrogen-bond acceptors (Lipinski definition) is 11. The van der Waals surface area contributed by atoms with E-state index in [1.54, 1.807) is 31.2 Å². The van der Waals surface area contributed by atoms with Crippen molar-refractivity contribution in [2.75, 3.05) is 18.9 Å². The molecule has 0 saturated carbocycles. The Morgan fingerprint density at radius 1 is 1.17 bits per heavy atom. The third-order valence-corrected chi connectivity index (χ3v) is 10.3. The number of benzene rings is 1. The van der Waals surface area contributed by atoms with E-state index in [9.17, 15) is 19.6 Å². The Hall–Kier alpha value is -3.06. The number of esters is 1. The fourth-order valence-corrected chi connectivity index (χ4v) is 6.59. The lowest BCUT2D eigenvalue weighted by Crippen LogP contribution is -2.40. The molecule has 1 aromatic carbocycles. The smallest absolute Gasteiger partial charge is 0.459 e. The summed E-state index contributed by atoms with van der Waals surface area (Å²) in [6.45, 7) is 15.3. The number of nitrogens with zero attached hydrogens (tertiary/aromatic N) is 3. The Labute approximate surface area is 270 Å². The first-order valence-corrected chi connectivity index (χ1v) is 17.1. The lowest BCUT2D eigenvalue weighted by Gasteiger charge is -2.28. The number of aromatic nitrogens is 3. The molecule has 6 atom stereocenters. The first-order valence-electron chi connectivity index (χ1n) is 15.5. The van der Waals surface area contributed by atoms with E-state index in [-0.39, 0.29) is 29.0 Å². The van der Waals surface area contributed by atoms with Crippen molar-refractivity contribution in [1.82, 2.24) is 19.7 Å². The van der Waals surface area contributed by atoms with Crippen LogP contribution in [-0.4, -0.2) is 68.3 Å². The third-order valence-electron chi connectivity index (χ3n) is 8.70. The number of hydrogen-bond donors (Lipinski definition) is 4. The lowest BCUT2D eigenvalue weighted by molar-refractivity contribution is -0.146. The molecule has 0 radical (unpaired) electrons. The number of rotatable bonds is 13. The largest absolute Gasteiger partial charge is 0.465 e. The van der Waals surface area contributed by atoms with E-state index in [4.69, 9.17) is 24.3 Å². The van der Waals surface area contributed by atoms with E-state index in [0.29, 0.717) is 17.6 Å². The highest BCUT2D eigenvalue weighted by Crippen LogP contribution is 2.47. The number of fused-ring (bicyclic) bond motifs is 1. The molecule has 0 bridgehead atoms. The second kappa shape index (κ2) is 13.6. The summed E-state index contributed by atoms with van der Waals surface area (Å²) in [6, 6.07) is 9.34. The molecule has 13 nitrogen and oxygen atoms in total. The fourth-order valence-electron chi connectivity index (χ4n) is 5.09. The SMILES string of the molecule is CCC(C)(C)CCOC(=O)[C@H](C)NP(=O)(OC[C@H]1O[C@@](C)(c2ccc3c(N)ncnn23)[C@H](O)[C@@H]1O)Oc1ccc(C(C)(C)C)cc1. The number of carbonyl (C=O) groups excluding carboxylic acids is 1. The van der Waals surface area contributed by atoms with Gasteiger partial charge in [0, 0.05) is 0 Å². The van der Waals surface area contributed by atoms with Gasteiger partial charge >= 0.3 is 13.7 Å². The van der Waals surface area contributed by atoms with E-state index >= 15 is 0 Å². The molecule has 1 aliphatic rings. The molecule has 46 heavy (non-hydrogen) atoms. The van der Waals surface area contributed by atoms with Crippen molar-refractivity contribution < 1.29 is 38.1 Å². The molecular formula is C32H48N5O8P. The van der Waals surface area contributed by atoms with Crippen LogP contribution in [0.3, 0.4) is 0 Å². The predicted molar refractivity (Wildman–Crippen MR) is 173 cm³/mol. The highest BCUT2D eigenvalue weighted by molar-refractivity contribution is 7.52. The zero-order valence-corrected chi connectivity index (χ0v) is 28.8. The summed E-state index contributed by atoms with van der Waals surface area (Å²) in [7, 11) is -4.29. The number of anilines is 1. The minimum atomic E-state index is -4.29. The van der Waals surface area contributed by atoms with Gasteiger partial charge in [-0.25, -0.2) is 14.1 Å². The molecule has 1 unspecified atom stereocenters. The molecule has 1 fully saturated rings. The number of nitrogens with one attached hydrogen (secondary N) is 1. The van der Waals surface area contributed by atoms with Gasteiger partial charge in [-0.1, -0.05) is 60.1 Å². The predicted octanol–water partition coefficient (Wildman–Crippen LogP) is 4.50. The minimum Gasteiger partial charge on any atom is -0.465 e. The van der Waals surface area contributed by atoms with Crippen LogP contribution in [0.5, 0.6) is 5.75 Å². The number of ether oxygens (including phenoxy) is 2. The summed E-state index contributed by atoms with van der Waals surface area (Å²) < 4.78 is 39.0. The third kappa shape index (κ3) is 7.90. The molecule has 254 valence electrons. The van der Waals surface area contributed by atoms with Gasteiger partial charge in [0.2, 0.25) is 0 Å². The number of aliphatic hydroxyl groups is 2. The summed E-state index contributed by atoms with van der Waals surface area (Å²) in [5.41, 5.74) is 6.38. The number of carbonyl (C=O) groups is 1. The van der Waals surface area contributed by atoms with Gasteiger partial charge in [-0.05, 0) is 60.9 Å². The van der Waals surface area contributed by atoms with Gasteiger partial charge in [0.05, 0.1) is 18.9 Å². The topological polar surface area (TPSA) is 180 Å². The van der Waals surface area contributed by atoms with Crippen molar-refractivity contribution in [3.63, 3.8) is 0 Å². The van der Waals surface area contributed by atoms with Crippen LogP contribution in [0.4, 0.5) is 5.82 Å². The Morgan fingerprint density at radius 3 is 2.48 bits per heavy atom. The molecular weight excluding hydrogens is 613 g/mol. The van der Waals surface area contributed by atoms with Crippen LogP contribution in [0.15, 0.2) is 42.7 Å². The van der Waals surface area contributed by atoms with Crippen molar-refractivity contribution in [2.45, 2.75) is 104 Å². The molecule has 1 saturated heterocycles. The Bertz CT molecular complexity index is 1560. The van der Waals surface area contributed by atoms with Crippen LogP contribution >= 0.6 is 7.75 Å². The molecule has 5 N–H and O–H groups in total. The normalized spacial score (nSPS) is 24.1. The zero-order valence-electron chi connectivity index (χ0n) is 27.9. The van der Waals surface area contributed by atoms with Crippen molar-refractivity contribution in [2.24, 2.45) is 5.41 Å². The highest BCUT2D eigenvalue weighted by atomic mass is 31.2. The van der Waals surface area contributed by atoms with Crippen molar-refractivity contribution in [3.8, 4) is 5.75 Å². The molecule has 1 aliphatic heterocycles. The van der Waals surface area contributed by atoms with Crippen LogP contribution < -0.4 is 15.3 Å². The monoisotopic (exact) mass is 661 g/mol. The van der Waals surface area contributed by atoms with Gasteiger partial charge in [-0.15, -0.1) is 0 Å². The number of nitrogen functional groups attached to an aromatic ring is 1. The molecule has 0 spiro atoms. The van der Waals surface area contributed by atoms with E-state index in [1.807, 2.05) is 12.1 Å². The highest BCUT2D eigenvalue weighted by Gasteiger charge is 2.54. The summed E-state index contributed by atoms with van der Waals surface area (Å²) >= 11 is 0. The second-order valence-electron chi connectivity index (χ2n) is 13.8. The van der Waals surface area contributed by atoms with E-state index < -0.39 is 50.3 Å². The molecule has 14 heteroatoms. The van der Waals surface area contributed by atoms with Gasteiger partial charge in [-0.2, -0.15) is 10.2 Å². The fraction of sp³-hybridized carbons (Fsp3) is 0.594. The maximum atomic E-state index is 14.2. The van der Waals surface area contributed by atoms with Gasteiger partial charge in [0.1, 0.15) is 47.5 Å². The van der Waals surface area contributed by atoms with Gasteiger partial charge < -0.3 is 29.9 Å².